The first kappa shape index (κ1) is 25.1. The number of nitrogens with two attached hydrogens (primary N) is 1. The number of aromatic nitrogens is 3. The summed E-state index contributed by atoms with van der Waals surface area (Å²) >= 11 is 0. The van der Waals surface area contributed by atoms with Gasteiger partial charge in [-0.05, 0) is 56.2 Å². The maximum Gasteiger partial charge on any atom is 0.316 e. The molecule has 2 aliphatic rings. The number of rotatable bonds is 6. The number of urea groups is 1. The molecule has 1 unspecified atom stereocenters. The SMILES string of the molecule is CC1COCCN1c1nc(-c2ccc(NC(N)=O)cc2)nc(-c2ccccc2S(=O)(=O)N2CCCC2)n1. The molecule has 0 radical (unpaired) electrons. The van der Waals surface area contributed by atoms with Gasteiger partial charge in [0.05, 0.1) is 24.2 Å². The molecule has 2 saturated heterocycles. The van der Waals surface area contributed by atoms with Crippen LogP contribution in [0.1, 0.15) is 19.8 Å². The van der Waals surface area contributed by atoms with Crippen LogP contribution in [0.3, 0.4) is 0 Å². The minimum atomic E-state index is -3.71. The summed E-state index contributed by atoms with van der Waals surface area (Å²) in [5.74, 6) is 1.11. The zero-order chi connectivity index (χ0) is 26.0. The van der Waals surface area contributed by atoms with E-state index in [9.17, 15) is 13.2 Å². The molecule has 2 aliphatic heterocycles. The van der Waals surface area contributed by atoms with Crippen LogP contribution in [0.25, 0.3) is 22.8 Å². The van der Waals surface area contributed by atoms with Gasteiger partial charge in [-0.25, -0.2) is 18.2 Å². The molecule has 0 aliphatic carbocycles. The van der Waals surface area contributed by atoms with Gasteiger partial charge in [-0.3, -0.25) is 0 Å². The van der Waals surface area contributed by atoms with Crippen molar-refractivity contribution in [3.05, 3.63) is 48.5 Å². The van der Waals surface area contributed by atoms with Crippen molar-refractivity contribution in [3.63, 3.8) is 0 Å². The number of morpholine rings is 1. The van der Waals surface area contributed by atoms with Crippen molar-refractivity contribution in [3.8, 4) is 22.8 Å². The summed E-state index contributed by atoms with van der Waals surface area (Å²) in [4.78, 5) is 27.6. The number of sulfonamides is 1. The maximum atomic E-state index is 13.5. The van der Waals surface area contributed by atoms with Crippen LogP contribution >= 0.6 is 0 Å². The smallest absolute Gasteiger partial charge is 0.316 e. The van der Waals surface area contributed by atoms with E-state index >= 15 is 0 Å². The highest BCUT2D eigenvalue weighted by atomic mass is 32.2. The van der Waals surface area contributed by atoms with Gasteiger partial charge in [0.2, 0.25) is 16.0 Å². The Morgan fingerprint density at radius 1 is 1.00 bits per heavy atom. The Morgan fingerprint density at radius 3 is 2.41 bits per heavy atom. The summed E-state index contributed by atoms with van der Waals surface area (Å²) in [5, 5.41) is 2.53. The van der Waals surface area contributed by atoms with E-state index in [1.807, 2.05) is 11.8 Å². The molecule has 11 nitrogen and oxygen atoms in total. The Labute approximate surface area is 215 Å². The number of hydrogen-bond donors (Lipinski definition) is 2. The first-order chi connectivity index (χ1) is 17.8. The number of ether oxygens (including phenoxy) is 1. The third-order valence-corrected chi connectivity index (χ3v) is 8.43. The number of anilines is 2. The molecule has 0 saturated carbocycles. The van der Waals surface area contributed by atoms with Crippen molar-refractivity contribution in [2.75, 3.05) is 43.1 Å². The number of nitrogens with one attached hydrogen (secondary N) is 1. The van der Waals surface area contributed by atoms with Gasteiger partial charge >= 0.3 is 6.03 Å². The van der Waals surface area contributed by atoms with Gasteiger partial charge in [-0.2, -0.15) is 14.3 Å². The Bertz CT molecular complexity index is 1390. The number of primary amides is 1. The molecule has 3 heterocycles. The van der Waals surface area contributed by atoms with Gasteiger partial charge in [-0.1, -0.05) is 12.1 Å². The number of benzene rings is 2. The van der Waals surface area contributed by atoms with E-state index in [-0.39, 0.29) is 16.8 Å². The van der Waals surface area contributed by atoms with Crippen molar-refractivity contribution in [2.45, 2.75) is 30.7 Å². The molecule has 3 N–H and O–H groups in total. The molecule has 3 aromatic rings. The van der Waals surface area contributed by atoms with Crippen molar-refractivity contribution < 1.29 is 17.9 Å². The molecule has 1 aromatic heterocycles. The van der Waals surface area contributed by atoms with Gasteiger partial charge in [0, 0.05) is 36.4 Å². The fraction of sp³-hybridized carbons (Fsp3) is 0.360. The predicted molar refractivity (Wildman–Crippen MR) is 140 cm³/mol. The third kappa shape index (κ3) is 5.26. The van der Waals surface area contributed by atoms with Crippen LogP contribution in [-0.4, -0.2) is 72.6 Å². The van der Waals surface area contributed by atoms with Gasteiger partial charge in [0.1, 0.15) is 0 Å². The summed E-state index contributed by atoms with van der Waals surface area (Å²) in [5.41, 5.74) is 6.86. The summed E-state index contributed by atoms with van der Waals surface area (Å²) < 4.78 is 34.2. The third-order valence-electron chi connectivity index (χ3n) is 6.47. The van der Waals surface area contributed by atoms with Crippen molar-refractivity contribution in [1.82, 2.24) is 19.3 Å². The van der Waals surface area contributed by atoms with Crippen LogP contribution in [0.5, 0.6) is 0 Å². The Balaban J connectivity index is 1.63. The van der Waals surface area contributed by atoms with E-state index < -0.39 is 16.1 Å². The summed E-state index contributed by atoms with van der Waals surface area (Å²) in [6.45, 7) is 4.69. The van der Waals surface area contributed by atoms with Gasteiger partial charge in [0.15, 0.2) is 11.6 Å². The maximum absolute atomic E-state index is 13.5. The Morgan fingerprint density at radius 2 is 1.70 bits per heavy atom. The van der Waals surface area contributed by atoms with Crippen LogP contribution in [-0.2, 0) is 14.8 Å². The number of hydrogen-bond acceptors (Lipinski definition) is 8. The number of carbonyl (C=O) groups excluding carboxylic acids is 1. The van der Waals surface area contributed by atoms with Gasteiger partial charge < -0.3 is 20.7 Å². The fourth-order valence-electron chi connectivity index (χ4n) is 4.56. The van der Waals surface area contributed by atoms with Crippen molar-refractivity contribution in [2.24, 2.45) is 5.73 Å². The molecular formula is C25H29N7O4S. The van der Waals surface area contributed by atoms with E-state index in [4.69, 9.17) is 25.4 Å². The van der Waals surface area contributed by atoms with Crippen molar-refractivity contribution >= 4 is 27.7 Å². The second-order valence-corrected chi connectivity index (χ2v) is 11.0. The standard InChI is InChI=1S/C25H29N7O4S/c1-17-16-36-15-14-32(17)25-29-22(18-8-10-19(11-9-18)27-24(26)33)28-23(30-25)20-6-2-3-7-21(20)37(34,35)31-12-4-5-13-31/h2-3,6-11,17H,4-5,12-16H2,1H3,(H3,26,27,33). The zero-order valence-corrected chi connectivity index (χ0v) is 21.3. The molecule has 194 valence electrons. The summed E-state index contributed by atoms with van der Waals surface area (Å²) in [6, 6.07) is 13.1. The first-order valence-electron chi connectivity index (χ1n) is 12.2. The average molecular weight is 524 g/mol. The molecule has 1 atom stereocenters. The number of amides is 2. The predicted octanol–water partition coefficient (Wildman–Crippen LogP) is 2.71. The van der Waals surface area contributed by atoms with Crippen LogP contribution < -0.4 is 16.0 Å². The van der Waals surface area contributed by atoms with E-state index in [1.54, 1.807) is 48.5 Å². The molecule has 12 heteroatoms. The van der Waals surface area contributed by atoms with Gasteiger partial charge in [-0.15, -0.1) is 0 Å². The van der Waals surface area contributed by atoms with E-state index in [2.05, 4.69) is 5.32 Å². The molecule has 2 fully saturated rings. The highest BCUT2D eigenvalue weighted by Gasteiger charge is 2.31. The van der Waals surface area contributed by atoms with E-state index in [0.717, 1.165) is 12.8 Å². The Kier molecular flexibility index (Phi) is 7.04. The lowest BCUT2D eigenvalue weighted by molar-refractivity contribution is 0.0981. The Hall–Kier alpha value is -3.61. The van der Waals surface area contributed by atoms with Crippen LogP contribution in [0.4, 0.5) is 16.4 Å². The monoisotopic (exact) mass is 523 g/mol. The van der Waals surface area contributed by atoms with Crippen molar-refractivity contribution in [1.29, 1.82) is 0 Å². The molecule has 37 heavy (non-hydrogen) atoms. The molecule has 0 spiro atoms. The summed E-state index contributed by atoms with van der Waals surface area (Å²) in [6.07, 6.45) is 1.69. The number of carbonyl (C=O) groups is 1. The highest BCUT2D eigenvalue weighted by Crippen LogP contribution is 2.32. The lowest BCUT2D eigenvalue weighted by Gasteiger charge is -2.33. The van der Waals surface area contributed by atoms with E-state index in [0.29, 0.717) is 61.4 Å². The quantitative estimate of drug-likeness (QED) is 0.502. The lowest BCUT2D eigenvalue weighted by atomic mass is 10.1. The second kappa shape index (κ2) is 10.4. The fourth-order valence-corrected chi connectivity index (χ4v) is 6.26. The van der Waals surface area contributed by atoms with E-state index in [1.165, 1.54) is 4.31 Å². The second-order valence-electron chi connectivity index (χ2n) is 9.07. The zero-order valence-electron chi connectivity index (χ0n) is 20.5. The lowest BCUT2D eigenvalue weighted by Crippen LogP contribution is -2.44. The largest absolute Gasteiger partial charge is 0.377 e. The molecular weight excluding hydrogens is 494 g/mol. The topological polar surface area (TPSA) is 144 Å². The van der Waals surface area contributed by atoms with Crippen LogP contribution in [0.15, 0.2) is 53.4 Å². The molecule has 2 amide bonds. The van der Waals surface area contributed by atoms with Crippen LogP contribution in [0.2, 0.25) is 0 Å². The van der Waals surface area contributed by atoms with Crippen LogP contribution in [0, 0.1) is 0 Å². The van der Waals surface area contributed by atoms with Gasteiger partial charge in [0.25, 0.3) is 0 Å². The highest BCUT2D eigenvalue weighted by molar-refractivity contribution is 7.89. The number of nitrogens with zero attached hydrogens (tertiary/aromatic N) is 5. The minimum Gasteiger partial charge on any atom is -0.377 e. The average Bonchev–Trinajstić information content (AvgIpc) is 3.45. The normalized spacial score (nSPS) is 18.6. The molecule has 5 rings (SSSR count). The minimum absolute atomic E-state index is 0.0302. The first-order valence-corrected chi connectivity index (χ1v) is 13.6. The molecule has 0 bridgehead atoms. The summed E-state index contributed by atoms with van der Waals surface area (Å²) in [7, 11) is -3.71. The molecule has 2 aromatic carbocycles.